The monoisotopic (exact) mass is 274 g/mol. The molecule has 1 amide bonds. The number of nitrogens with zero attached hydrogens (tertiary/aromatic N) is 1. The fourth-order valence-corrected chi connectivity index (χ4v) is 3.03. The molecule has 1 aliphatic heterocycles. The van der Waals surface area contributed by atoms with Crippen LogP contribution in [0.25, 0.3) is 0 Å². The second-order valence-electron chi connectivity index (χ2n) is 5.55. The van der Waals surface area contributed by atoms with E-state index in [-0.39, 0.29) is 12.4 Å². The van der Waals surface area contributed by atoms with Crippen LogP contribution in [0.3, 0.4) is 0 Å². The zero-order valence-electron chi connectivity index (χ0n) is 11.3. The fourth-order valence-electron chi connectivity index (χ4n) is 3.03. The highest BCUT2D eigenvalue weighted by Crippen LogP contribution is 2.22. The summed E-state index contributed by atoms with van der Waals surface area (Å²) >= 11 is 0. The molecule has 2 fully saturated rings. The Labute approximate surface area is 117 Å². The van der Waals surface area contributed by atoms with Crippen LogP contribution in [-0.2, 0) is 4.79 Å². The Bertz CT molecular complexity index is 242. The molecule has 2 rings (SSSR count). The van der Waals surface area contributed by atoms with Gasteiger partial charge in [0.15, 0.2) is 0 Å². The first-order valence-corrected chi connectivity index (χ1v) is 7.35. The van der Waals surface area contributed by atoms with E-state index in [0.29, 0.717) is 5.91 Å². The first-order chi connectivity index (χ1) is 8.36. The largest absolute Gasteiger partial charge is 0.343 e. The molecule has 1 heterocycles. The van der Waals surface area contributed by atoms with Gasteiger partial charge in [-0.2, -0.15) is 0 Å². The van der Waals surface area contributed by atoms with Crippen molar-refractivity contribution < 1.29 is 4.79 Å². The number of hydrogen-bond donors (Lipinski definition) is 1. The van der Waals surface area contributed by atoms with E-state index in [9.17, 15) is 4.79 Å². The van der Waals surface area contributed by atoms with Crippen molar-refractivity contribution in [1.82, 2.24) is 10.2 Å². The molecule has 1 saturated carbocycles. The number of carbonyl (C=O) groups is 1. The van der Waals surface area contributed by atoms with Gasteiger partial charge in [-0.25, -0.2) is 0 Å². The second kappa shape index (κ2) is 8.76. The quantitative estimate of drug-likeness (QED) is 0.755. The van der Waals surface area contributed by atoms with Crippen molar-refractivity contribution in [3.8, 4) is 0 Å². The molecule has 0 bridgehead atoms. The van der Waals surface area contributed by atoms with Crippen molar-refractivity contribution in [2.45, 2.75) is 51.4 Å². The Morgan fingerprint density at radius 3 is 2.61 bits per heavy atom. The lowest BCUT2D eigenvalue weighted by Crippen LogP contribution is -2.30. The Morgan fingerprint density at radius 2 is 1.94 bits per heavy atom. The lowest BCUT2D eigenvalue weighted by Gasteiger charge is -2.22. The van der Waals surface area contributed by atoms with Crippen LogP contribution in [0.2, 0.25) is 0 Å². The molecule has 106 valence electrons. The summed E-state index contributed by atoms with van der Waals surface area (Å²) < 4.78 is 0. The van der Waals surface area contributed by atoms with E-state index in [0.717, 1.165) is 44.8 Å². The van der Waals surface area contributed by atoms with Crippen LogP contribution in [0, 0.1) is 5.92 Å². The SMILES string of the molecule is Cl.O=C1CCCN1CCCNCC1CCCCC1. The normalized spacial score (nSPS) is 21.1. The van der Waals surface area contributed by atoms with E-state index >= 15 is 0 Å². The van der Waals surface area contributed by atoms with Crippen LogP contribution in [0.4, 0.5) is 0 Å². The van der Waals surface area contributed by atoms with Gasteiger partial charge in [0.05, 0.1) is 0 Å². The molecule has 1 N–H and O–H groups in total. The van der Waals surface area contributed by atoms with E-state index in [1.165, 1.54) is 38.6 Å². The molecule has 4 heteroatoms. The van der Waals surface area contributed by atoms with Gasteiger partial charge in [-0.1, -0.05) is 19.3 Å². The number of likely N-dealkylation sites (tertiary alicyclic amines) is 1. The maximum absolute atomic E-state index is 11.4. The molecule has 18 heavy (non-hydrogen) atoms. The molecule has 1 aliphatic carbocycles. The molecule has 0 unspecified atom stereocenters. The first-order valence-electron chi connectivity index (χ1n) is 7.35. The predicted octanol–water partition coefficient (Wildman–Crippen LogP) is 2.59. The van der Waals surface area contributed by atoms with Crippen molar-refractivity contribution in [2.24, 2.45) is 5.92 Å². The molecule has 0 aromatic carbocycles. The molecule has 0 radical (unpaired) electrons. The standard InChI is InChI=1S/C14H26N2O.ClH/c17-14-8-4-10-16(14)11-5-9-15-12-13-6-2-1-3-7-13;/h13,15H,1-12H2;1H. The molecular formula is C14H27ClN2O. The van der Waals surface area contributed by atoms with Crippen molar-refractivity contribution in [1.29, 1.82) is 0 Å². The molecule has 1 saturated heterocycles. The van der Waals surface area contributed by atoms with Gasteiger partial charge < -0.3 is 10.2 Å². The van der Waals surface area contributed by atoms with Crippen LogP contribution in [0.15, 0.2) is 0 Å². The summed E-state index contributed by atoms with van der Waals surface area (Å²) in [5, 5.41) is 3.56. The van der Waals surface area contributed by atoms with E-state index in [4.69, 9.17) is 0 Å². The van der Waals surface area contributed by atoms with E-state index in [1.54, 1.807) is 0 Å². The summed E-state index contributed by atoms with van der Waals surface area (Å²) in [6.45, 7) is 4.20. The van der Waals surface area contributed by atoms with Crippen LogP contribution in [0.1, 0.15) is 51.4 Å². The van der Waals surface area contributed by atoms with E-state index in [1.807, 2.05) is 4.90 Å². The predicted molar refractivity (Wildman–Crippen MR) is 77.1 cm³/mol. The summed E-state index contributed by atoms with van der Waals surface area (Å²) in [6, 6.07) is 0. The maximum Gasteiger partial charge on any atom is 0.222 e. The first kappa shape index (κ1) is 15.8. The number of rotatable bonds is 6. The lowest BCUT2D eigenvalue weighted by molar-refractivity contribution is -0.127. The molecule has 0 spiro atoms. The van der Waals surface area contributed by atoms with Gasteiger partial charge >= 0.3 is 0 Å². The molecule has 2 aliphatic rings. The minimum Gasteiger partial charge on any atom is -0.343 e. The second-order valence-corrected chi connectivity index (χ2v) is 5.55. The van der Waals surface area contributed by atoms with Gasteiger partial charge in [-0.15, -0.1) is 12.4 Å². The van der Waals surface area contributed by atoms with Gasteiger partial charge in [-0.3, -0.25) is 4.79 Å². The summed E-state index contributed by atoms with van der Waals surface area (Å²) in [7, 11) is 0. The zero-order chi connectivity index (χ0) is 11.9. The van der Waals surface area contributed by atoms with Gasteiger partial charge in [-0.05, 0) is 44.7 Å². The molecular weight excluding hydrogens is 248 g/mol. The lowest BCUT2D eigenvalue weighted by atomic mass is 9.89. The smallest absolute Gasteiger partial charge is 0.222 e. The molecule has 3 nitrogen and oxygen atoms in total. The molecule has 0 atom stereocenters. The van der Waals surface area contributed by atoms with Crippen LogP contribution in [0.5, 0.6) is 0 Å². The van der Waals surface area contributed by atoms with E-state index < -0.39 is 0 Å². The number of hydrogen-bond acceptors (Lipinski definition) is 2. The molecule has 0 aromatic heterocycles. The van der Waals surface area contributed by atoms with Crippen molar-refractivity contribution in [3.05, 3.63) is 0 Å². The highest BCUT2D eigenvalue weighted by Gasteiger charge is 2.19. The topological polar surface area (TPSA) is 32.3 Å². The van der Waals surface area contributed by atoms with Gasteiger partial charge in [0.1, 0.15) is 0 Å². The number of amides is 1. The van der Waals surface area contributed by atoms with Crippen LogP contribution >= 0.6 is 12.4 Å². The van der Waals surface area contributed by atoms with Crippen LogP contribution < -0.4 is 5.32 Å². The Hall–Kier alpha value is -0.280. The van der Waals surface area contributed by atoms with Crippen LogP contribution in [-0.4, -0.2) is 37.0 Å². The summed E-state index contributed by atoms with van der Waals surface area (Å²) in [4.78, 5) is 13.4. The minimum atomic E-state index is 0. The highest BCUT2D eigenvalue weighted by atomic mass is 35.5. The van der Waals surface area contributed by atoms with Gasteiger partial charge in [0.2, 0.25) is 5.91 Å². The van der Waals surface area contributed by atoms with E-state index in [2.05, 4.69) is 5.32 Å². The third kappa shape index (κ3) is 5.15. The average molecular weight is 275 g/mol. The van der Waals surface area contributed by atoms with Gasteiger partial charge in [0.25, 0.3) is 0 Å². The molecule has 0 aromatic rings. The highest BCUT2D eigenvalue weighted by molar-refractivity contribution is 5.85. The number of nitrogens with one attached hydrogen (secondary N) is 1. The fraction of sp³-hybridized carbons (Fsp3) is 0.929. The summed E-state index contributed by atoms with van der Waals surface area (Å²) in [5.41, 5.74) is 0. The third-order valence-corrected chi connectivity index (χ3v) is 4.11. The van der Waals surface area contributed by atoms with Gasteiger partial charge in [0, 0.05) is 19.5 Å². The van der Waals surface area contributed by atoms with Crippen molar-refractivity contribution in [2.75, 3.05) is 26.2 Å². The zero-order valence-corrected chi connectivity index (χ0v) is 12.1. The average Bonchev–Trinajstić information content (AvgIpc) is 2.76. The van der Waals surface area contributed by atoms with Crippen molar-refractivity contribution in [3.63, 3.8) is 0 Å². The Morgan fingerprint density at radius 1 is 1.17 bits per heavy atom. The summed E-state index contributed by atoms with van der Waals surface area (Å²) in [6.07, 6.45) is 10.1. The Balaban J connectivity index is 0.00000162. The maximum atomic E-state index is 11.4. The minimum absolute atomic E-state index is 0. The van der Waals surface area contributed by atoms with Crippen molar-refractivity contribution >= 4 is 18.3 Å². The third-order valence-electron chi connectivity index (χ3n) is 4.11. The number of halogens is 1. The Kier molecular flexibility index (Phi) is 7.68. The number of carbonyl (C=O) groups excluding carboxylic acids is 1. The summed E-state index contributed by atoms with van der Waals surface area (Å²) in [5.74, 6) is 1.27.